The SMILES string of the molecule is CCC1(C)CCC(C)(C(O)O)CC1. The summed E-state index contributed by atoms with van der Waals surface area (Å²) in [5.41, 5.74) is 0.184. The second-order valence-corrected chi connectivity index (χ2v) is 5.19. The smallest absolute Gasteiger partial charge is 0.156 e. The van der Waals surface area contributed by atoms with E-state index in [1.54, 1.807) is 0 Å². The number of hydrogen-bond acceptors (Lipinski definition) is 2. The van der Waals surface area contributed by atoms with E-state index >= 15 is 0 Å². The van der Waals surface area contributed by atoms with E-state index in [0.717, 1.165) is 25.7 Å². The highest BCUT2D eigenvalue weighted by molar-refractivity contribution is 4.88. The molecule has 0 aromatic heterocycles. The first kappa shape index (κ1) is 11.0. The Kier molecular flexibility index (Phi) is 3.03. The lowest BCUT2D eigenvalue weighted by Crippen LogP contribution is -2.38. The summed E-state index contributed by atoms with van der Waals surface area (Å²) in [5, 5.41) is 18.5. The molecule has 1 saturated carbocycles. The Labute approximate surface area is 81.0 Å². The summed E-state index contributed by atoms with van der Waals surface area (Å²) in [6.07, 6.45) is 4.18. The Morgan fingerprint density at radius 3 is 1.85 bits per heavy atom. The largest absolute Gasteiger partial charge is 0.368 e. The fourth-order valence-electron chi connectivity index (χ4n) is 2.04. The molecule has 0 amide bonds. The third-order valence-corrected chi connectivity index (χ3v) is 4.08. The standard InChI is InChI=1S/C11H22O2/c1-4-10(2)5-7-11(3,8-6-10)9(12)13/h9,12-13H,4-8H2,1-3H3. The van der Waals surface area contributed by atoms with Gasteiger partial charge in [-0.2, -0.15) is 0 Å². The normalized spacial score (nSPS) is 41.1. The van der Waals surface area contributed by atoms with Crippen molar-refractivity contribution in [2.75, 3.05) is 0 Å². The molecule has 1 rings (SSSR count). The quantitative estimate of drug-likeness (QED) is 0.650. The summed E-state index contributed by atoms with van der Waals surface area (Å²) in [6.45, 7) is 6.50. The topological polar surface area (TPSA) is 40.5 Å². The first-order valence-corrected chi connectivity index (χ1v) is 5.28. The molecule has 0 heterocycles. The summed E-state index contributed by atoms with van der Waals surface area (Å²) in [5.74, 6) is 0. The molecule has 0 spiro atoms. The summed E-state index contributed by atoms with van der Waals surface area (Å²) >= 11 is 0. The predicted octanol–water partition coefficient (Wildman–Crippen LogP) is 2.29. The Bertz CT molecular complexity index is 167. The third kappa shape index (κ3) is 2.23. The van der Waals surface area contributed by atoms with Crippen molar-refractivity contribution in [3.8, 4) is 0 Å². The third-order valence-electron chi connectivity index (χ3n) is 4.08. The average Bonchev–Trinajstić information content (AvgIpc) is 2.11. The van der Waals surface area contributed by atoms with Crippen molar-refractivity contribution in [1.29, 1.82) is 0 Å². The highest BCUT2D eigenvalue weighted by Gasteiger charge is 2.40. The minimum Gasteiger partial charge on any atom is -0.368 e. The molecule has 2 nitrogen and oxygen atoms in total. The Morgan fingerprint density at radius 1 is 1.08 bits per heavy atom. The van der Waals surface area contributed by atoms with Crippen LogP contribution in [0.25, 0.3) is 0 Å². The van der Waals surface area contributed by atoms with Crippen molar-refractivity contribution in [1.82, 2.24) is 0 Å². The molecule has 0 aromatic rings. The van der Waals surface area contributed by atoms with Crippen LogP contribution in [0.3, 0.4) is 0 Å². The van der Waals surface area contributed by atoms with Crippen molar-refractivity contribution in [3.63, 3.8) is 0 Å². The highest BCUT2D eigenvalue weighted by Crippen LogP contribution is 2.47. The number of aliphatic hydroxyl groups excluding tert-OH is 1. The van der Waals surface area contributed by atoms with E-state index in [-0.39, 0.29) is 5.41 Å². The summed E-state index contributed by atoms with van der Waals surface area (Å²) in [6, 6.07) is 0. The van der Waals surface area contributed by atoms with Crippen molar-refractivity contribution in [3.05, 3.63) is 0 Å². The average molecular weight is 186 g/mol. The molecule has 2 N–H and O–H groups in total. The van der Waals surface area contributed by atoms with E-state index < -0.39 is 6.29 Å². The van der Waals surface area contributed by atoms with Gasteiger partial charge in [0.25, 0.3) is 0 Å². The molecule has 13 heavy (non-hydrogen) atoms. The summed E-state index contributed by atoms with van der Waals surface area (Å²) in [4.78, 5) is 0. The van der Waals surface area contributed by atoms with E-state index in [1.165, 1.54) is 6.42 Å². The van der Waals surface area contributed by atoms with E-state index in [9.17, 15) is 10.2 Å². The molecule has 0 aliphatic heterocycles. The van der Waals surface area contributed by atoms with Gasteiger partial charge in [-0.25, -0.2) is 0 Å². The second kappa shape index (κ2) is 3.58. The Hall–Kier alpha value is -0.0800. The van der Waals surface area contributed by atoms with Crippen LogP contribution >= 0.6 is 0 Å². The first-order chi connectivity index (χ1) is 5.92. The molecular weight excluding hydrogens is 164 g/mol. The van der Waals surface area contributed by atoms with Crippen LogP contribution in [-0.4, -0.2) is 16.5 Å². The minimum absolute atomic E-state index is 0.255. The molecule has 1 fully saturated rings. The molecule has 1 aliphatic carbocycles. The number of hydrogen-bond donors (Lipinski definition) is 2. The van der Waals surface area contributed by atoms with Crippen LogP contribution in [0, 0.1) is 10.8 Å². The lowest BCUT2D eigenvalue weighted by atomic mass is 9.64. The predicted molar refractivity (Wildman–Crippen MR) is 53.2 cm³/mol. The lowest BCUT2D eigenvalue weighted by molar-refractivity contribution is -0.150. The van der Waals surface area contributed by atoms with Crippen LogP contribution in [0.5, 0.6) is 0 Å². The van der Waals surface area contributed by atoms with Crippen molar-refractivity contribution in [2.45, 2.75) is 59.2 Å². The van der Waals surface area contributed by atoms with Crippen LogP contribution < -0.4 is 0 Å². The molecule has 0 unspecified atom stereocenters. The maximum absolute atomic E-state index is 9.23. The van der Waals surface area contributed by atoms with E-state index in [4.69, 9.17) is 0 Å². The molecule has 0 aromatic carbocycles. The Morgan fingerprint density at radius 2 is 1.54 bits per heavy atom. The van der Waals surface area contributed by atoms with Crippen LogP contribution in [0.15, 0.2) is 0 Å². The minimum atomic E-state index is -1.14. The zero-order chi connectivity index (χ0) is 10.1. The van der Waals surface area contributed by atoms with E-state index in [1.807, 2.05) is 6.92 Å². The fraction of sp³-hybridized carbons (Fsp3) is 1.00. The van der Waals surface area contributed by atoms with Crippen molar-refractivity contribution in [2.24, 2.45) is 10.8 Å². The molecular formula is C11H22O2. The first-order valence-electron chi connectivity index (χ1n) is 5.28. The molecule has 0 saturated heterocycles. The van der Waals surface area contributed by atoms with E-state index in [0.29, 0.717) is 5.41 Å². The summed E-state index contributed by atoms with van der Waals surface area (Å²) in [7, 11) is 0. The lowest BCUT2D eigenvalue weighted by Gasteiger charge is -2.43. The fourth-order valence-corrected chi connectivity index (χ4v) is 2.04. The van der Waals surface area contributed by atoms with Gasteiger partial charge in [0.15, 0.2) is 6.29 Å². The molecule has 2 heteroatoms. The van der Waals surface area contributed by atoms with Crippen LogP contribution in [-0.2, 0) is 0 Å². The van der Waals surface area contributed by atoms with Crippen LogP contribution in [0.1, 0.15) is 52.9 Å². The van der Waals surface area contributed by atoms with Gasteiger partial charge >= 0.3 is 0 Å². The maximum Gasteiger partial charge on any atom is 0.156 e. The zero-order valence-corrected chi connectivity index (χ0v) is 9.01. The van der Waals surface area contributed by atoms with Crippen LogP contribution in [0.4, 0.5) is 0 Å². The number of aliphatic hydroxyl groups is 2. The van der Waals surface area contributed by atoms with Gasteiger partial charge in [0.2, 0.25) is 0 Å². The molecule has 78 valence electrons. The van der Waals surface area contributed by atoms with Crippen molar-refractivity contribution >= 4 is 0 Å². The highest BCUT2D eigenvalue weighted by atomic mass is 16.5. The van der Waals surface area contributed by atoms with Gasteiger partial charge in [-0.15, -0.1) is 0 Å². The van der Waals surface area contributed by atoms with E-state index in [2.05, 4.69) is 13.8 Å². The zero-order valence-electron chi connectivity index (χ0n) is 9.01. The molecule has 0 bridgehead atoms. The number of rotatable bonds is 2. The van der Waals surface area contributed by atoms with Gasteiger partial charge < -0.3 is 10.2 Å². The van der Waals surface area contributed by atoms with Gasteiger partial charge in [-0.05, 0) is 31.1 Å². The molecule has 1 aliphatic rings. The molecule has 0 radical (unpaired) electrons. The van der Waals surface area contributed by atoms with Crippen LogP contribution in [0.2, 0.25) is 0 Å². The maximum atomic E-state index is 9.23. The van der Waals surface area contributed by atoms with Gasteiger partial charge in [-0.3, -0.25) is 0 Å². The Balaban J connectivity index is 2.56. The monoisotopic (exact) mass is 186 g/mol. The van der Waals surface area contributed by atoms with Gasteiger partial charge in [0, 0.05) is 5.41 Å². The summed E-state index contributed by atoms with van der Waals surface area (Å²) < 4.78 is 0. The van der Waals surface area contributed by atoms with Gasteiger partial charge in [0.1, 0.15) is 0 Å². The van der Waals surface area contributed by atoms with Crippen molar-refractivity contribution < 1.29 is 10.2 Å². The van der Waals surface area contributed by atoms with Gasteiger partial charge in [-0.1, -0.05) is 27.2 Å². The molecule has 0 atom stereocenters. The second-order valence-electron chi connectivity index (χ2n) is 5.19. The van der Waals surface area contributed by atoms with Gasteiger partial charge in [0.05, 0.1) is 0 Å².